The highest BCUT2D eigenvalue weighted by molar-refractivity contribution is 5.76. The van der Waals surface area contributed by atoms with Crippen molar-refractivity contribution in [1.82, 2.24) is 30.0 Å². The maximum Gasteiger partial charge on any atom is 0.220 e. The Balaban J connectivity index is 1.21. The smallest absolute Gasteiger partial charge is 0.220 e. The fourth-order valence-electron chi connectivity index (χ4n) is 3.55. The summed E-state index contributed by atoms with van der Waals surface area (Å²) in [6.45, 7) is 3.01. The van der Waals surface area contributed by atoms with Crippen LogP contribution in [-0.4, -0.2) is 49.7 Å². The molecule has 1 aliphatic heterocycles. The Morgan fingerprint density at radius 1 is 1.07 bits per heavy atom. The molecule has 0 bridgehead atoms. The maximum absolute atomic E-state index is 12.3. The zero-order chi connectivity index (χ0) is 18.5. The third kappa shape index (κ3) is 4.49. The fraction of sp³-hybridized carbons (Fsp3) is 0.400. The first-order valence-electron chi connectivity index (χ1n) is 9.49. The van der Waals surface area contributed by atoms with Gasteiger partial charge in [-0.2, -0.15) is 9.61 Å². The van der Waals surface area contributed by atoms with Gasteiger partial charge in [0.2, 0.25) is 5.91 Å². The Bertz CT molecular complexity index is 886. The molecule has 27 heavy (non-hydrogen) atoms. The van der Waals surface area contributed by atoms with Gasteiger partial charge in [0, 0.05) is 44.7 Å². The van der Waals surface area contributed by atoms with Gasteiger partial charge >= 0.3 is 0 Å². The zero-order valence-corrected chi connectivity index (χ0v) is 15.3. The fourth-order valence-corrected chi connectivity index (χ4v) is 3.55. The lowest BCUT2D eigenvalue weighted by atomic mass is 10.0. The van der Waals surface area contributed by atoms with Crippen LogP contribution in [-0.2, 0) is 17.8 Å². The minimum atomic E-state index is 0.0733. The van der Waals surface area contributed by atoms with Gasteiger partial charge < -0.3 is 5.32 Å². The van der Waals surface area contributed by atoms with Gasteiger partial charge in [0.25, 0.3) is 0 Å². The zero-order valence-electron chi connectivity index (χ0n) is 15.3. The number of aryl methyl sites for hydroxylation is 1. The topological polar surface area (TPSA) is 75.4 Å². The lowest BCUT2D eigenvalue weighted by Gasteiger charge is -2.32. The van der Waals surface area contributed by atoms with Crippen molar-refractivity contribution in [3.63, 3.8) is 0 Å². The van der Waals surface area contributed by atoms with Crippen molar-refractivity contribution in [2.24, 2.45) is 0 Å². The van der Waals surface area contributed by atoms with Gasteiger partial charge in [0.05, 0.1) is 0 Å². The second kappa shape index (κ2) is 8.26. The molecule has 0 spiro atoms. The first-order chi connectivity index (χ1) is 13.3. The highest BCUT2D eigenvalue weighted by Crippen LogP contribution is 2.14. The van der Waals surface area contributed by atoms with Crippen LogP contribution in [0, 0.1) is 0 Å². The Morgan fingerprint density at radius 3 is 2.70 bits per heavy atom. The number of carbonyl (C=O) groups excluding carboxylic acids is 1. The van der Waals surface area contributed by atoms with Gasteiger partial charge in [0.1, 0.15) is 0 Å². The van der Waals surface area contributed by atoms with Crippen LogP contribution in [0.5, 0.6) is 0 Å². The molecule has 0 radical (unpaired) electrons. The number of carbonyl (C=O) groups is 1. The van der Waals surface area contributed by atoms with Gasteiger partial charge in [-0.1, -0.05) is 30.3 Å². The van der Waals surface area contributed by atoms with E-state index in [0.29, 0.717) is 18.5 Å². The Morgan fingerprint density at radius 2 is 1.89 bits per heavy atom. The van der Waals surface area contributed by atoms with E-state index >= 15 is 0 Å². The van der Waals surface area contributed by atoms with Crippen molar-refractivity contribution in [1.29, 1.82) is 0 Å². The summed E-state index contributed by atoms with van der Waals surface area (Å²) in [5.41, 5.74) is 2.05. The van der Waals surface area contributed by atoms with Gasteiger partial charge in [-0.25, -0.2) is 0 Å². The molecule has 7 nitrogen and oxygen atoms in total. The van der Waals surface area contributed by atoms with Crippen LogP contribution in [0.15, 0.2) is 48.7 Å². The van der Waals surface area contributed by atoms with E-state index in [9.17, 15) is 4.79 Å². The highest BCUT2D eigenvalue weighted by Gasteiger charge is 2.21. The number of rotatable bonds is 6. The molecule has 1 aromatic carbocycles. The lowest BCUT2D eigenvalue weighted by Crippen LogP contribution is -2.44. The van der Waals surface area contributed by atoms with Crippen molar-refractivity contribution >= 4 is 11.6 Å². The number of hydrogen-bond donors (Lipinski definition) is 1. The summed E-state index contributed by atoms with van der Waals surface area (Å²) in [5.74, 6) is 0.794. The molecular formula is C20H24N6O. The molecule has 0 saturated carbocycles. The van der Waals surface area contributed by atoms with Crippen molar-refractivity contribution < 1.29 is 4.79 Å². The predicted molar refractivity (Wildman–Crippen MR) is 102 cm³/mol. The Kier molecular flexibility index (Phi) is 5.39. The van der Waals surface area contributed by atoms with E-state index in [0.717, 1.165) is 38.3 Å². The van der Waals surface area contributed by atoms with Crippen LogP contribution in [0.25, 0.3) is 5.65 Å². The number of aromatic nitrogens is 4. The summed E-state index contributed by atoms with van der Waals surface area (Å²) < 4.78 is 1.69. The van der Waals surface area contributed by atoms with Crippen LogP contribution in [0.4, 0.5) is 0 Å². The molecule has 0 atom stereocenters. The van der Waals surface area contributed by atoms with E-state index in [1.54, 1.807) is 10.7 Å². The summed E-state index contributed by atoms with van der Waals surface area (Å²) in [6.07, 6.45) is 4.63. The quantitative estimate of drug-likeness (QED) is 0.722. The lowest BCUT2D eigenvalue weighted by molar-refractivity contribution is -0.122. The molecule has 1 N–H and O–H groups in total. The molecule has 4 rings (SSSR count). The highest BCUT2D eigenvalue weighted by atomic mass is 16.1. The molecule has 1 aliphatic rings. The molecule has 140 valence electrons. The summed E-state index contributed by atoms with van der Waals surface area (Å²) >= 11 is 0. The van der Waals surface area contributed by atoms with E-state index < -0.39 is 0 Å². The molecule has 0 unspecified atom stereocenters. The standard InChI is InChI=1S/C20H24N6O/c27-20(9-8-19-24-23-18-7-4-12-21-26(18)19)22-17-10-13-25(14-11-17)15-16-5-2-1-3-6-16/h1-7,12,17H,8-11,13-15H2,(H,22,27). The van der Waals surface area contributed by atoms with E-state index in [4.69, 9.17) is 0 Å². The average molecular weight is 364 g/mol. The Labute approximate surface area is 158 Å². The van der Waals surface area contributed by atoms with Gasteiger partial charge in [-0.05, 0) is 30.5 Å². The molecular weight excluding hydrogens is 340 g/mol. The SMILES string of the molecule is O=C(CCc1nnc2cccnn12)NC1CCN(Cc2ccccc2)CC1. The Hall–Kier alpha value is -2.80. The maximum atomic E-state index is 12.3. The monoisotopic (exact) mass is 364 g/mol. The van der Waals surface area contributed by atoms with Crippen molar-refractivity contribution in [2.45, 2.75) is 38.3 Å². The molecule has 3 heterocycles. The van der Waals surface area contributed by atoms with Crippen LogP contribution in [0.3, 0.4) is 0 Å². The molecule has 0 aliphatic carbocycles. The van der Waals surface area contributed by atoms with E-state index in [-0.39, 0.29) is 11.9 Å². The van der Waals surface area contributed by atoms with Crippen LogP contribution in [0.1, 0.15) is 30.7 Å². The van der Waals surface area contributed by atoms with E-state index in [1.807, 2.05) is 18.2 Å². The second-order valence-corrected chi connectivity index (χ2v) is 7.01. The normalized spacial score (nSPS) is 15.9. The summed E-state index contributed by atoms with van der Waals surface area (Å²) in [5, 5.41) is 15.6. The minimum Gasteiger partial charge on any atom is -0.353 e. The number of likely N-dealkylation sites (tertiary alicyclic amines) is 1. The molecule has 7 heteroatoms. The second-order valence-electron chi connectivity index (χ2n) is 7.01. The van der Waals surface area contributed by atoms with Crippen molar-refractivity contribution in [2.75, 3.05) is 13.1 Å². The number of hydrogen-bond acceptors (Lipinski definition) is 5. The van der Waals surface area contributed by atoms with Crippen molar-refractivity contribution in [3.8, 4) is 0 Å². The predicted octanol–water partition coefficient (Wildman–Crippen LogP) is 1.84. The van der Waals surface area contributed by atoms with Gasteiger partial charge in [-0.3, -0.25) is 9.69 Å². The van der Waals surface area contributed by atoms with Crippen LogP contribution in [0.2, 0.25) is 0 Å². The summed E-state index contributed by atoms with van der Waals surface area (Å²) in [6, 6.07) is 14.5. The number of nitrogens with one attached hydrogen (secondary N) is 1. The van der Waals surface area contributed by atoms with Gasteiger partial charge in [0.15, 0.2) is 11.5 Å². The number of piperidine rings is 1. The molecule has 1 amide bonds. The summed E-state index contributed by atoms with van der Waals surface area (Å²) in [7, 11) is 0. The first-order valence-corrected chi connectivity index (χ1v) is 9.49. The molecule has 2 aromatic heterocycles. The van der Waals surface area contributed by atoms with Crippen LogP contribution >= 0.6 is 0 Å². The third-order valence-corrected chi connectivity index (χ3v) is 5.02. The van der Waals surface area contributed by atoms with E-state index in [1.165, 1.54) is 5.56 Å². The number of benzene rings is 1. The number of nitrogens with zero attached hydrogens (tertiary/aromatic N) is 5. The average Bonchev–Trinajstić information content (AvgIpc) is 3.12. The largest absolute Gasteiger partial charge is 0.353 e. The number of fused-ring (bicyclic) bond motifs is 1. The third-order valence-electron chi connectivity index (χ3n) is 5.02. The number of amides is 1. The molecule has 3 aromatic rings. The summed E-state index contributed by atoms with van der Waals surface area (Å²) in [4.78, 5) is 14.8. The van der Waals surface area contributed by atoms with Gasteiger partial charge in [-0.15, -0.1) is 10.2 Å². The van der Waals surface area contributed by atoms with Crippen molar-refractivity contribution in [3.05, 3.63) is 60.0 Å². The molecule has 1 fully saturated rings. The molecule has 1 saturated heterocycles. The van der Waals surface area contributed by atoms with Crippen LogP contribution < -0.4 is 5.32 Å². The minimum absolute atomic E-state index is 0.0733. The van der Waals surface area contributed by atoms with E-state index in [2.05, 4.69) is 49.8 Å². The first kappa shape index (κ1) is 17.6.